The maximum atomic E-state index is 4.22. The Morgan fingerprint density at radius 2 is 2.07 bits per heavy atom. The molecule has 4 heteroatoms. The van der Waals surface area contributed by atoms with Crippen molar-refractivity contribution in [2.75, 3.05) is 23.3 Å². The molecule has 2 heterocycles. The number of hydrogen-bond donors (Lipinski definition) is 0. The molecular weight excluding hydrogens is 254 g/mol. The molecule has 1 aromatic heterocycles. The largest absolute Gasteiger partial charge is 0.355 e. The summed E-state index contributed by atoms with van der Waals surface area (Å²) in [4.78, 5) is 2.33. The lowest BCUT2D eigenvalue weighted by atomic mass is 9.99. The van der Waals surface area contributed by atoms with E-state index in [0.717, 1.165) is 35.8 Å². The molecule has 0 amide bonds. The number of alkyl halides is 1. The molecule has 0 aliphatic carbocycles. The number of piperidine rings is 1. The van der Waals surface area contributed by atoms with E-state index in [-0.39, 0.29) is 0 Å². The van der Waals surface area contributed by atoms with Gasteiger partial charge in [0.1, 0.15) is 0 Å². The van der Waals surface area contributed by atoms with E-state index in [1.54, 1.807) is 0 Å². The van der Waals surface area contributed by atoms with E-state index < -0.39 is 0 Å². The molecule has 82 valence electrons. The average Bonchev–Trinajstić information content (AvgIpc) is 2.30. The second-order valence-electron chi connectivity index (χ2n) is 4.12. The van der Waals surface area contributed by atoms with Crippen molar-refractivity contribution in [1.82, 2.24) is 10.2 Å². The zero-order valence-electron chi connectivity index (χ0n) is 8.99. The topological polar surface area (TPSA) is 29.0 Å². The van der Waals surface area contributed by atoms with E-state index >= 15 is 0 Å². The molecule has 1 aliphatic rings. The highest BCUT2D eigenvalue weighted by atomic mass is 79.9. The first-order valence-electron chi connectivity index (χ1n) is 5.41. The van der Waals surface area contributed by atoms with Gasteiger partial charge in [-0.1, -0.05) is 15.9 Å². The Bertz CT molecular complexity index is 304. The summed E-state index contributed by atoms with van der Waals surface area (Å²) >= 11 is 3.55. The molecule has 0 saturated carbocycles. The predicted octanol–water partition coefficient (Wildman–Crippen LogP) is 2.40. The molecule has 1 fully saturated rings. The molecular formula is C11H16BrN3. The standard InChI is InChI=1S/C11H16BrN3/c1-9-2-3-11(14-13-9)15-6-4-10(8-12)5-7-15/h2-3,10H,4-8H2,1H3. The fourth-order valence-electron chi connectivity index (χ4n) is 1.88. The number of hydrogen-bond acceptors (Lipinski definition) is 3. The summed E-state index contributed by atoms with van der Waals surface area (Å²) in [6.07, 6.45) is 2.50. The minimum atomic E-state index is 0.833. The first kappa shape index (κ1) is 10.9. The molecule has 0 bridgehead atoms. The van der Waals surface area contributed by atoms with Crippen LogP contribution in [0.4, 0.5) is 5.82 Å². The quantitative estimate of drug-likeness (QED) is 0.773. The first-order valence-corrected chi connectivity index (χ1v) is 6.53. The van der Waals surface area contributed by atoms with Gasteiger partial charge >= 0.3 is 0 Å². The number of rotatable bonds is 2. The SMILES string of the molecule is Cc1ccc(N2CCC(CBr)CC2)nn1. The van der Waals surface area contributed by atoms with Gasteiger partial charge in [0.15, 0.2) is 5.82 Å². The van der Waals surface area contributed by atoms with Gasteiger partial charge in [-0.15, -0.1) is 5.10 Å². The highest BCUT2D eigenvalue weighted by molar-refractivity contribution is 9.09. The second-order valence-corrected chi connectivity index (χ2v) is 4.77. The second kappa shape index (κ2) is 4.92. The highest BCUT2D eigenvalue weighted by Crippen LogP contribution is 2.22. The molecule has 1 saturated heterocycles. The Morgan fingerprint density at radius 1 is 1.33 bits per heavy atom. The van der Waals surface area contributed by atoms with Crippen LogP contribution in [0.2, 0.25) is 0 Å². The molecule has 0 atom stereocenters. The number of aryl methyl sites for hydroxylation is 1. The van der Waals surface area contributed by atoms with Gasteiger partial charge < -0.3 is 4.90 Å². The first-order chi connectivity index (χ1) is 7.29. The molecule has 15 heavy (non-hydrogen) atoms. The Balaban J connectivity index is 1.98. The van der Waals surface area contributed by atoms with Crippen molar-refractivity contribution in [2.24, 2.45) is 5.92 Å². The Morgan fingerprint density at radius 3 is 2.60 bits per heavy atom. The Hall–Kier alpha value is -0.640. The predicted molar refractivity (Wildman–Crippen MR) is 65.5 cm³/mol. The Labute approximate surface area is 99.0 Å². The normalized spacial score (nSPS) is 18.1. The zero-order valence-corrected chi connectivity index (χ0v) is 10.6. The third kappa shape index (κ3) is 2.68. The van der Waals surface area contributed by atoms with Crippen LogP contribution in [-0.2, 0) is 0 Å². The third-order valence-corrected chi connectivity index (χ3v) is 3.86. The molecule has 0 unspecified atom stereocenters. The van der Waals surface area contributed by atoms with Gasteiger partial charge in [0, 0.05) is 18.4 Å². The summed E-state index contributed by atoms with van der Waals surface area (Å²) in [6, 6.07) is 4.09. The number of halogens is 1. The van der Waals surface area contributed by atoms with Crippen LogP contribution in [0.5, 0.6) is 0 Å². The van der Waals surface area contributed by atoms with Crippen molar-refractivity contribution >= 4 is 21.7 Å². The summed E-state index contributed by atoms with van der Waals surface area (Å²) in [5.74, 6) is 1.85. The van der Waals surface area contributed by atoms with Gasteiger partial charge in [0.05, 0.1) is 5.69 Å². The molecule has 2 rings (SSSR count). The van der Waals surface area contributed by atoms with Crippen LogP contribution in [0, 0.1) is 12.8 Å². The van der Waals surface area contributed by atoms with Crippen LogP contribution in [0.1, 0.15) is 18.5 Å². The lowest BCUT2D eigenvalue weighted by molar-refractivity contribution is 0.444. The zero-order chi connectivity index (χ0) is 10.7. The van der Waals surface area contributed by atoms with Crippen LogP contribution in [-0.4, -0.2) is 28.6 Å². The van der Waals surface area contributed by atoms with Crippen LogP contribution >= 0.6 is 15.9 Å². The van der Waals surface area contributed by atoms with Gasteiger partial charge in [-0.3, -0.25) is 0 Å². The van der Waals surface area contributed by atoms with E-state index in [0.29, 0.717) is 0 Å². The number of aromatic nitrogens is 2. The lowest BCUT2D eigenvalue weighted by Crippen LogP contribution is -2.34. The summed E-state index contributed by atoms with van der Waals surface area (Å²) in [5.41, 5.74) is 0.981. The molecule has 1 aromatic rings. The van der Waals surface area contributed by atoms with Crippen molar-refractivity contribution in [3.63, 3.8) is 0 Å². The van der Waals surface area contributed by atoms with Gasteiger partial charge in [-0.2, -0.15) is 5.10 Å². The molecule has 1 aliphatic heterocycles. The molecule has 0 aromatic carbocycles. The van der Waals surface area contributed by atoms with Gasteiger partial charge in [-0.25, -0.2) is 0 Å². The third-order valence-electron chi connectivity index (χ3n) is 2.94. The van der Waals surface area contributed by atoms with Crippen molar-refractivity contribution in [3.05, 3.63) is 17.8 Å². The van der Waals surface area contributed by atoms with Crippen molar-refractivity contribution in [1.29, 1.82) is 0 Å². The fourth-order valence-corrected chi connectivity index (χ4v) is 2.52. The van der Waals surface area contributed by atoms with Gasteiger partial charge in [0.2, 0.25) is 0 Å². The van der Waals surface area contributed by atoms with Gasteiger partial charge in [0.25, 0.3) is 0 Å². The fraction of sp³-hybridized carbons (Fsp3) is 0.636. The average molecular weight is 270 g/mol. The molecule has 3 nitrogen and oxygen atoms in total. The summed E-state index contributed by atoms with van der Waals surface area (Å²) in [6.45, 7) is 4.18. The van der Waals surface area contributed by atoms with E-state index in [1.165, 1.54) is 12.8 Å². The van der Waals surface area contributed by atoms with E-state index in [2.05, 4.69) is 37.1 Å². The maximum absolute atomic E-state index is 4.22. The monoisotopic (exact) mass is 269 g/mol. The summed E-state index contributed by atoms with van der Waals surface area (Å²) in [7, 11) is 0. The van der Waals surface area contributed by atoms with Crippen LogP contribution < -0.4 is 4.90 Å². The summed E-state index contributed by atoms with van der Waals surface area (Å²) < 4.78 is 0. The summed E-state index contributed by atoms with van der Waals surface area (Å²) in [5, 5.41) is 9.44. The smallest absolute Gasteiger partial charge is 0.151 e. The van der Waals surface area contributed by atoms with Gasteiger partial charge in [-0.05, 0) is 37.8 Å². The van der Waals surface area contributed by atoms with Crippen LogP contribution in [0.3, 0.4) is 0 Å². The molecule has 0 radical (unpaired) electrons. The Kier molecular flexibility index (Phi) is 3.57. The molecule has 0 N–H and O–H groups in total. The minimum absolute atomic E-state index is 0.833. The van der Waals surface area contributed by atoms with Crippen molar-refractivity contribution in [2.45, 2.75) is 19.8 Å². The maximum Gasteiger partial charge on any atom is 0.151 e. The lowest BCUT2D eigenvalue weighted by Gasteiger charge is -2.31. The van der Waals surface area contributed by atoms with Crippen molar-refractivity contribution in [3.8, 4) is 0 Å². The van der Waals surface area contributed by atoms with Crippen LogP contribution in [0.25, 0.3) is 0 Å². The number of nitrogens with zero attached hydrogens (tertiary/aromatic N) is 3. The minimum Gasteiger partial charge on any atom is -0.355 e. The number of anilines is 1. The van der Waals surface area contributed by atoms with E-state index in [4.69, 9.17) is 0 Å². The van der Waals surface area contributed by atoms with E-state index in [1.807, 2.05) is 13.0 Å². The van der Waals surface area contributed by atoms with E-state index in [9.17, 15) is 0 Å². The highest BCUT2D eigenvalue weighted by Gasteiger charge is 2.19. The van der Waals surface area contributed by atoms with Crippen LogP contribution in [0.15, 0.2) is 12.1 Å². The van der Waals surface area contributed by atoms with Crippen molar-refractivity contribution < 1.29 is 0 Å². The molecule has 0 spiro atoms.